The molecule has 3 unspecified atom stereocenters. The minimum absolute atomic E-state index is 0.0316. The fourth-order valence-corrected chi connectivity index (χ4v) is 17.8. The summed E-state index contributed by atoms with van der Waals surface area (Å²) >= 11 is 6.44. The minimum atomic E-state index is -4.58. The van der Waals surface area contributed by atoms with E-state index in [0.717, 1.165) is 24.5 Å². The second-order valence-corrected chi connectivity index (χ2v) is 33.0. The zero-order chi connectivity index (χ0) is 81.0. The molecule has 0 aromatic heterocycles. The maximum absolute atomic E-state index is 15.8. The first-order chi connectivity index (χ1) is 50.4. The highest BCUT2D eigenvalue weighted by atomic mass is 35.5. The third kappa shape index (κ3) is 22.1. The summed E-state index contributed by atoms with van der Waals surface area (Å²) in [6.07, 6.45) is -6.54. The Balaban J connectivity index is 1.50. The molecule has 1 spiro atoms. The van der Waals surface area contributed by atoms with Gasteiger partial charge in [-0.25, -0.2) is 0 Å². The number of rotatable bonds is 15. The van der Waals surface area contributed by atoms with Gasteiger partial charge in [-0.3, -0.25) is 57.5 Å². The van der Waals surface area contributed by atoms with Crippen molar-refractivity contribution in [2.45, 2.75) is 268 Å². The van der Waals surface area contributed by atoms with E-state index in [2.05, 4.69) is 16.0 Å². The maximum Gasteiger partial charge on any atom is 0.393 e. The number of carbonyl (C=O) groups excluding carboxylic acids is 12. The van der Waals surface area contributed by atoms with Gasteiger partial charge in [-0.1, -0.05) is 86.3 Å². The van der Waals surface area contributed by atoms with E-state index in [1.807, 2.05) is 27.7 Å². The topological polar surface area (TPSA) is 279 Å². The van der Waals surface area contributed by atoms with Crippen molar-refractivity contribution in [3.8, 4) is 0 Å². The van der Waals surface area contributed by atoms with Crippen molar-refractivity contribution < 1.29 is 88.6 Å². The first-order valence-electron chi connectivity index (χ1n) is 38.8. The predicted octanol–water partition coefficient (Wildman–Crippen LogP) is 7.31. The van der Waals surface area contributed by atoms with E-state index in [4.69, 9.17) is 16.3 Å². The number of halogens is 7. The van der Waals surface area contributed by atoms with Crippen LogP contribution in [0.2, 0.25) is 0 Å². The summed E-state index contributed by atoms with van der Waals surface area (Å²) in [5.74, 6) is -14.5. The van der Waals surface area contributed by atoms with E-state index in [-0.39, 0.29) is 122 Å². The van der Waals surface area contributed by atoms with Crippen molar-refractivity contribution in [3.05, 3.63) is 12.2 Å². The fourth-order valence-electron chi connectivity index (χ4n) is 17.2. The number of nitrogens with one attached hydrogen (secondary N) is 3. The molecule has 3 N–H and O–H groups in total. The van der Waals surface area contributed by atoms with E-state index >= 15 is 28.8 Å². The number of fused-ring (bicyclic) bond motifs is 3. The second-order valence-electron chi connectivity index (χ2n) is 32.4. The molecule has 6 rings (SSSR count). The van der Waals surface area contributed by atoms with Gasteiger partial charge in [-0.05, 0) is 132 Å². The van der Waals surface area contributed by atoms with Crippen LogP contribution in [-0.4, -0.2) is 282 Å². The molecule has 6 aliphatic rings. The molecular formula is C76H121ClF6N12O13. The van der Waals surface area contributed by atoms with Crippen molar-refractivity contribution in [1.82, 2.24) is 60.0 Å². The van der Waals surface area contributed by atoms with Crippen LogP contribution in [0.15, 0.2) is 12.2 Å². The molecule has 2 bridgehead atoms. The molecule has 3 aliphatic heterocycles. The molecule has 0 radical (unpaired) electrons. The van der Waals surface area contributed by atoms with Gasteiger partial charge in [0.25, 0.3) is 0 Å². The Labute approximate surface area is 638 Å². The average Bonchev–Trinajstić information content (AvgIpc) is 0.865. The van der Waals surface area contributed by atoms with Gasteiger partial charge in [0, 0.05) is 87.9 Å². The Morgan fingerprint density at radius 3 is 1.82 bits per heavy atom. The lowest BCUT2D eigenvalue weighted by atomic mass is 9.58. The summed E-state index contributed by atoms with van der Waals surface area (Å²) in [5, 5.41) is 7.34. The first-order valence-corrected chi connectivity index (χ1v) is 39.2. The molecule has 0 aromatic rings. The Morgan fingerprint density at radius 1 is 0.648 bits per heavy atom. The van der Waals surface area contributed by atoms with Gasteiger partial charge < -0.3 is 64.8 Å². The summed E-state index contributed by atoms with van der Waals surface area (Å²) in [6.45, 7) is 12.8. The molecule has 612 valence electrons. The molecule has 13 atom stereocenters. The van der Waals surface area contributed by atoms with Gasteiger partial charge in [0.1, 0.15) is 53.9 Å². The van der Waals surface area contributed by atoms with E-state index in [9.17, 15) is 55.1 Å². The molecule has 2 saturated heterocycles. The lowest BCUT2D eigenvalue weighted by Gasteiger charge is -2.54. The van der Waals surface area contributed by atoms with Gasteiger partial charge in [-0.15, -0.1) is 11.6 Å². The summed E-state index contributed by atoms with van der Waals surface area (Å²) in [7, 11) is 11.0. The summed E-state index contributed by atoms with van der Waals surface area (Å²) in [6, 6.07) is -11.0. The zero-order valence-electron chi connectivity index (χ0n) is 66.3. The highest BCUT2D eigenvalue weighted by molar-refractivity contribution is 6.21. The number of likely N-dealkylation sites (N-methyl/N-ethyl adjacent to an activating group) is 7. The average molecular weight is 1560 g/mol. The predicted molar refractivity (Wildman–Crippen MR) is 392 cm³/mol. The van der Waals surface area contributed by atoms with E-state index in [1.54, 1.807) is 39.8 Å². The van der Waals surface area contributed by atoms with Gasteiger partial charge >= 0.3 is 12.4 Å². The molecule has 5 fully saturated rings. The number of hydrogen-bond donors (Lipinski definition) is 3. The number of hydrogen-bond acceptors (Lipinski definition) is 13. The third-order valence-electron chi connectivity index (χ3n) is 23.8. The zero-order valence-corrected chi connectivity index (χ0v) is 67.0. The summed E-state index contributed by atoms with van der Waals surface area (Å²) in [4.78, 5) is 192. The maximum atomic E-state index is 15.8. The van der Waals surface area contributed by atoms with Crippen LogP contribution in [-0.2, 0) is 62.3 Å². The quantitative estimate of drug-likeness (QED) is 0.0825. The first kappa shape index (κ1) is 90.1. The number of ether oxygens (including phenoxy) is 1. The molecule has 108 heavy (non-hydrogen) atoms. The lowest BCUT2D eigenvalue weighted by Crippen LogP contribution is -2.71. The van der Waals surface area contributed by atoms with Crippen molar-refractivity contribution >= 4 is 82.5 Å². The van der Waals surface area contributed by atoms with Gasteiger partial charge in [0.05, 0.1) is 37.5 Å². The van der Waals surface area contributed by atoms with Crippen LogP contribution in [0.5, 0.6) is 0 Å². The molecule has 3 aliphatic carbocycles. The van der Waals surface area contributed by atoms with Crippen LogP contribution >= 0.6 is 11.6 Å². The Bertz CT molecular complexity index is 3220. The van der Waals surface area contributed by atoms with Crippen LogP contribution in [0.25, 0.3) is 0 Å². The van der Waals surface area contributed by atoms with Crippen molar-refractivity contribution in [3.63, 3.8) is 0 Å². The summed E-state index contributed by atoms with van der Waals surface area (Å²) in [5.41, 5.74) is -2.29. The van der Waals surface area contributed by atoms with Crippen molar-refractivity contribution in [1.29, 1.82) is 0 Å². The largest absolute Gasteiger partial charge is 0.393 e. The van der Waals surface area contributed by atoms with Gasteiger partial charge in [-0.2, -0.15) is 26.3 Å². The van der Waals surface area contributed by atoms with E-state index < -0.39 is 209 Å². The van der Waals surface area contributed by atoms with Crippen molar-refractivity contribution in [2.75, 3.05) is 89.2 Å². The number of carbonyl (C=O) groups is 12. The molecule has 3 heterocycles. The summed E-state index contributed by atoms with van der Waals surface area (Å²) < 4.78 is 91.0. The standard InChI is InChI=1S/C76H121ClF6N12O13/c1-17-25-54-64(99)85-62(45(6)18-2)70(105)89(12)42-61(98)91(14)55-26-23-22-24-35-94(69(55)104)58(37-47-27-31-49(32-28-47)75(78,79)80)68(103)88(11)41-59(96)84-53(34-30-46-29-33-51(52(77)36-46)76(81,82)83)66(101)95-40-50(108-21-5)38-56(95)65(100)86-74(43-73(7,8)44-74)72(107)93(16)63(48(19-3)20-4)71(106)92(15)57(67(102)87(9)10)39-60(97)90(54)13/h22-23,45-58,62-63H,17-21,24-44H2,1-16H3,(H,84,96)(H,85,99)(H,86,100)/b23-22-/t45-,46?,47?,49?,50+,51?,52?,53-,54-,55-,56-,57-,58-,62-,63-/m0/s1. The Morgan fingerprint density at radius 2 is 1.27 bits per heavy atom. The van der Waals surface area contributed by atoms with Crippen LogP contribution in [0.4, 0.5) is 26.3 Å². The van der Waals surface area contributed by atoms with Gasteiger partial charge in [0.15, 0.2) is 0 Å². The third-order valence-corrected chi connectivity index (χ3v) is 24.3. The van der Waals surface area contributed by atoms with Gasteiger partial charge in [0.2, 0.25) is 70.9 Å². The molecule has 0 aromatic carbocycles. The highest BCUT2D eigenvalue weighted by Gasteiger charge is 2.59. The van der Waals surface area contributed by atoms with E-state index in [0.29, 0.717) is 25.7 Å². The SMILES string of the molecule is CCC[C@H]1C(=O)N[C@@H]([C@@H](C)CC)C(=O)N(C)CC(=O)N(C)[C@H]2C/C=C\CCN(C2=O)[C@@H](CC2CCC(C(F)(F)F)CC2)C(=O)N(C)CC(=O)N[C@@H](CCC2CCC(C(F)(F)F)C(Cl)C2)C(=O)N2C[C@H](OCC)C[C@H]2C(=O)NC2(CC(C)(C)C2)C(=O)N(C)[C@@H](C(CC)CC)C(=O)N(C)[C@H](C(=O)N(C)C)CC(=O)N1C. The smallest absolute Gasteiger partial charge is 0.377 e. The van der Waals surface area contributed by atoms with Crippen LogP contribution in [0.3, 0.4) is 0 Å². The van der Waals surface area contributed by atoms with Crippen LogP contribution < -0.4 is 16.0 Å². The highest BCUT2D eigenvalue weighted by Crippen LogP contribution is 2.50. The molecule has 3 saturated carbocycles. The molecule has 32 heteroatoms. The molecule has 12 amide bonds. The lowest BCUT2D eigenvalue weighted by molar-refractivity contribution is -0.184. The monoisotopic (exact) mass is 1560 g/mol. The molecular weight excluding hydrogens is 1440 g/mol. The van der Waals surface area contributed by atoms with Crippen LogP contribution in [0.1, 0.15) is 190 Å². The normalized spacial score (nSPS) is 30.9. The van der Waals surface area contributed by atoms with Crippen molar-refractivity contribution in [2.24, 2.45) is 40.9 Å². The fraction of sp³-hybridized carbons (Fsp3) is 0.816. The second kappa shape index (κ2) is 38.4. The minimum Gasteiger partial charge on any atom is -0.377 e. The molecule has 25 nitrogen and oxygen atoms in total. The Hall–Kier alpha value is -6.79. The van der Waals surface area contributed by atoms with Crippen LogP contribution in [0, 0.1) is 40.9 Å². The Kier molecular flexibility index (Phi) is 32.1. The number of amides is 12. The number of nitrogens with zero attached hydrogens (tertiary/aromatic N) is 9. The number of alkyl halides is 7. The van der Waals surface area contributed by atoms with E-state index in [1.165, 1.54) is 76.0 Å².